The Balaban J connectivity index is 1.54. The van der Waals surface area contributed by atoms with Crippen LogP contribution in [0.3, 0.4) is 0 Å². The molecule has 8 aromatic carbocycles. The SMILES string of the molecule is Cc1ccc(N(c2ccc(C)cc2)c2ccc3c4cccc5cc6ccccc6c(c6cccc2c36)c54)cc1. The Morgan fingerprint density at radius 1 is 0.385 bits per heavy atom. The summed E-state index contributed by atoms with van der Waals surface area (Å²) in [5.74, 6) is 0. The van der Waals surface area contributed by atoms with Gasteiger partial charge in [0.2, 0.25) is 0 Å². The minimum Gasteiger partial charge on any atom is -0.310 e. The van der Waals surface area contributed by atoms with Crippen LogP contribution < -0.4 is 4.90 Å². The van der Waals surface area contributed by atoms with Gasteiger partial charge in [-0.25, -0.2) is 0 Å². The summed E-state index contributed by atoms with van der Waals surface area (Å²) in [6.07, 6.45) is 0. The van der Waals surface area contributed by atoms with Gasteiger partial charge < -0.3 is 4.90 Å². The van der Waals surface area contributed by atoms with E-state index in [1.165, 1.54) is 70.7 Å². The van der Waals surface area contributed by atoms with Gasteiger partial charge in [0.05, 0.1) is 5.69 Å². The van der Waals surface area contributed by atoms with Crippen molar-refractivity contribution < 1.29 is 0 Å². The van der Waals surface area contributed by atoms with Gasteiger partial charge in [0.25, 0.3) is 0 Å². The predicted molar refractivity (Wildman–Crippen MR) is 169 cm³/mol. The summed E-state index contributed by atoms with van der Waals surface area (Å²) in [4.78, 5) is 2.40. The Hall–Kier alpha value is -4.88. The second kappa shape index (κ2) is 8.31. The van der Waals surface area contributed by atoms with Crippen LogP contribution in [0, 0.1) is 13.8 Å². The van der Waals surface area contributed by atoms with E-state index in [-0.39, 0.29) is 0 Å². The fraction of sp³-hybridized carbons (Fsp3) is 0.0526. The van der Waals surface area contributed by atoms with Gasteiger partial charge in [-0.2, -0.15) is 0 Å². The van der Waals surface area contributed by atoms with E-state index in [0.717, 1.165) is 11.4 Å². The monoisotopic (exact) mass is 497 g/mol. The lowest BCUT2D eigenvalue weighted by Gasteiger charge is -2.28. The first-order valence-corrected chi connectivity index (χ1v) is 13.6. The normalized spacial score (nSPS) is 11.8. The van der Waals surface area contributed by atoms with E-state index >= 15 is 0 Å². The molecule has 0 unspecified atom stereocenters. The molecule has 0 spiro atoms. The highest BCUT2D eigenvalue weighted by atomic mass is 15.1. The first-order chi connectivity index (χ1) is 19.2. The maximum atomic E-state index is 2.40. The van der Waals surface area contributed by atoms with Gasteiger partial charge >= 0.3 is 0 Å². The predicted octanol–water partition coefficient (Wildman–Crippen LogP) is 11.0. The fourth-order valence-electron chi connectivity index (χ4n) is 6.46. The van der Waals surface area contributed by atoms with Crippen molar-refractivity contribution in [3.63, 3.8) is 0 Å². The summed E-state index contributed by atoms with van der Waals surface area (Å²) >= 11 is 0. The molecule has 0 N–H and O–H groups in total. The molecule has 1 nitrogen and oxygen atoms in total. The van der Waals surface area contributed by atoms with Crippen molar-refractivity contribution in [2.45, 2.75) is 13.8 Å². The number of rotatable bonds is 3. The molecule has 0 bridgehead atoms. The second-order valence-corrected chi connectivity index (χ2v) is 10.7. The molecule has 8 aromatic rings. The van der Waals surface area contributed by atoms with Crippen LogP contribution in [0.25, 0.3) is 53.9 Å². The Bertz CT molecular complexity index is 2120. The Morgan fingerprint density at radius 3 is 1.69 bits per heavy atom. The summed E-state index contributed by atoms with van der Waals surface area (Å²) in [5.41, 5.74) is 6.04. The molecule has 0 aliphatic rings. The molecule has 0 atom stereocenters. The number of aryl methyl sites for hydroxylation is 2. The van der Waals surface area contributed by atoms with E-state index in [1.807, 2.05) is 0 Å². The second-order valence-electron chi connectivity index (χ2n) is 10.7. The standard InChI is InChI=1S/C38H27N/c1-24-13-17-28(18-14-24)39(29-19-15-25(2)16-20-29)35-22-21-32-31-10-5-8-27-23-26-7-3-4-9-30(26)38(36(27)31)34-12-6-11-33(35)37(32)34/h3-23H,1-2H3. The van der Waals surface area contributed by atoms with Gasteiger partial charge in [-0.1, -0.05) is 102 Å². The smallest absolute Gasteiger partial charge is 0.0540 e. The third kappa shape index (κ3) is 3.26. The van der Waals surface area contributed by atoms with Gasteiger partial charge in [-0.3, -0.25) is 0 Å². The summed E-state index contributed by atoms with van der Waals surface area (Å²) in [6, 6.07) is 47.1. The zero-order chi connectivity index (χ0) is 26.1. The quantitative estimate of drug-likeness (QED) is 0.173. The molecular formula is C38H27N. The molecule has 0 radical (unpaired) electrons. The maximum Gasteiger partial charge on any atom is 0.0540 e. The number of benzene rings is 8. The van der Waals surface area contributed by atoms with Crippen molar-refractivity contribution in [2.24, 2.45) is 0 Å². The van der Waals surface area contributed by atoms with E-state index < -0.39 is 0 Å². The number of fused-ring (bicyclic) bond motifs is 4. The van der Waals surface area contributed by atoms with Crippen molar-refractivity contribution in [2.75, 3.05) is 4.90 Å². The first kappa shape index (κ1) is 22.1. The lowest BCUT2D eigenvalue weighted by Crippen LogP contribution is -2.10. The Labute approximate surface area is 227 Å². The summed E-state index contributed by atoms with van der Waals surface area (Å²) in [5, 5.41) is 13.2. The van der Waals surface area contributed by atoms with Gasteiger partial charge in [0.15, 0.2) is 0 Å². The van der Waals surface area contributed by atoms with Crippen LogP contribution in [0.2, 0.25) is 0 Å². The van der Waals surface area contributed by atoms with Gasteiger partial charge in [-0.05, 0) is 98.7 Å². The van der Waals surface area contributed by atoms with Crippen molar-refractivity contribution >= 4 is 70.9 Å². The van der Waals surface area contributed by atoms with Gasteiger partial charge in [-0.15, -0.1) is 0 Å². The molecule has 0 saturated heterocycles. The van der Waals surface area contributed by atoms with Crippen LogP contribution in [-0.2, 0) is 0 Å². The maximum absolute atomic E-state index is 2.40. The molecule has 0 fully saturated rings. The Morgan fingerprint density at radius 2 is 0.949 bits per heavy atom. The third-order valence-corrected chi connectivity index (χ3v) is 8.29. The molecule has 184 valence electrons. The molecular weight excluding hydrogens is 470 g/mol. The molecule has 0 aromatic heterocycles. The summed E-state index contributed by atoms with van der Waals surface area (Å²) < 4.78 is 0. The largest absolute Gasteiger partial charge is 0.310 e. The number of hydrogen-bond acceptors (Lipinski definition) is 1. The zero-order valence-electron chi connectivity index (χ0n) is 22.1. The lowest BCUT2D eigenvalue weighted by atomic mass is 9.86. The average Bonchev–Trinajstić information content (AvgIpc) is 2.97. The first-order valence-electron chi connectivity index (χ1n) is 13.6. The molecule has 0 aliphatic heterocycles. The van der Waals surface area contributed by atoms with E-state index in [1.54, 1.807) is 0 Å². The van der Waals surface area contributed by atoms with Crippen LogP contribution in [0.4, 0.5) is 17.1 Å². The fourth-order valence-corrected chi connectivity index (χ4v) is 6.46. The van der Waals surface area contributed by atoms with E-state index in [2.05, 4.69) is 146 Å². The topological polar surface area (TPSA) is 3.24 Å². The average molecular weight is 498 g/mol. The minimum atomic E-state index is 1.16. The van der Waals surface area contributed by atoms with Crippen molar-refractivity contribution in [1.82, 2.24) is 0 Å². The van der Waals surface area contributed by atoms with Gasteiger partial charge in [0, 0.05) is 16.8 Å². The molecule has 0 amide bonds. The van der Waals surface area contributed by atoms with Crippen LogP contribution >= 0.6 is 0 Å². The van der Waals surface area contributed by atoms with Crippen molar-refractivity contribution in [1.29, 1.82) is 0 Å². The number of hydrogen-bond donors (Lipinski definition) is 0. The van der Waals surface area contributed by atoms with Crippen LogP contribution in [-0.4, -0.2) is 0 Å². The van der Waals surface area contributed by atoms with E-state index in [9.17, 15) is 0 Å². The molecule has 1 heteroatoms. The third-order valence-electron chi connectivity index (χ3n) is 8.29. The molecule has 0 heterocycles. The lowest BCUT2D eigenvalue weighted by molar-refractivity contribution is 1.28. The molecule has 0 saturated carbocycles. The summed E-state index contributed by atoms with van der Waals surface area (Å²) in [6.45, 7) is 4.29. The van der Waals surface area contributed by atoms with Crippen molar-refractivity contribution in [3.05, 3.63) is 139 Å². The highest BCUT2D eigenvalue weighted by Crippen LogP contribution is 2.47. The van der Waals surface area contributed by atoms with Crippen LogP contribution in [0.5, 0.6) is 0 Å². The zero-order valence-corrected chi connectivity index (χ0v) is 22.1. The van der Waals surface area contributed by atoms with Crippen LogP contribution in [0.15, 0.2) is 127 Å². The van der Waals surface area contributed by atoms with Crippen molar-refractivity contribution in [3.8, 4) is 0 Å². The van der Waals surface area contributed by atoms with Crippen LogP contribution in [0.1, 0.15) is 11.1 Å². The minimum absolute atomic E-state index is 1.16. The molecule has 39 heavy (non-hydrogen) atoms. The number of anilines is 3. The van der Waals surface area contributed by atoms with Gasteiger partial charge in [0.1, 0.15) is 0 Å². The highest BCUT2D eigenvalue weighted by Gasteiger charge is 2.20. The molecule has 0 aliphatic carbocycles. The molecule has 8 rings (SSSR count). The van der Waals surface area contributed by atoms with E-state index in [4.69, 9.17) is 0 Å². The Kier molecular flexibility index (Phi) is 4.72. The van der Waals surface area contributed by atoms with E-state index in [0.29, 0.717) is 0 Å². The summed E-state index contributed by atoms with van der Waals surface area (Å²) in [7, 11) is 0. The highest BCUT2D eigenvalue weighted by molar-refractivity contribution is 6.38. The number of nitrogens with zero attached hydrogens (tertiary/aromatic N) is 1.